The number of benzene rings is 1. The van der Waals surface area contributed by atoms with E-state index >= 15 is 0 Å². The lowest BCUT2D eigenvalue weighted by molar-refractivity contribution is -0.147. The molecule has 1 fully saturated rings. The van der Waals surface area contributed by atoms with Crippen LogP contribution in [0.4, 0.5) is 0 Å². The Morgan fingerprint density at radius 3 is 2.70 bits per heavy atom. The number of hydrogen-bond donors (Lipinski definition) is 2. The molecule has 9 heteroatoms. The Kier molecular flexibility index (Phi) is 6.10. The first-order valence-electron chi connectivity index (χ1n) is 9.05. The second-order valence-corrected chi connectivity index (χ2v) is 8.39. The van der Waals surface area contributed by atoms with Gasteiger partial charge in [0.2, 0.25) is 0 Å². The molecule has 2 aliphatic rings. The summed E-state index contributed by atoms with van der Waals surface area (Å²) in [6, 6.07) is 6.37. The van der Waals surface area contributed by atoms with E-state index in [4.69, 9.17) is 4.74 Å². The van der Waals surface area contributed by atoms with Gasteiger partial charge in [-0.3, -0.25) is 19.3 Å². The minimum atomic E-state index is -3.64. The van der Waals surface area contributed by atoms with Crippen LogP contribution in [-0.4, -0.2) is 45.8 Å². The third-order valence-electron chi connectivity index (χ3n) is 4.71. The molecule has 1 aromatic carbocycles. The number of ether oxygens (including phenoxy) is 1. The third kappa shape index (κ3) is 5.06. The van der Waals surface area contributed by atoms with E-state index in [-0.39, 0.29) is 29.8 Å². The second-order valence-electron chi connectivity index (χ2n) is 6.74. The normalized spacial score (nSPS) is 19.9. The first kappa shape index (κ1) is 19.3. The zero-order valence-corrected chi connectivity index (χ0v) is 15.8. The molecule has 8 nitrogen and oxygen atoms in total. The number of esters is 1. The van der Waals surface area contributed by atoms with Crippen LogP contribution < -0.4 is 10.0 Å². The van der Waals surface area contributed by atoms with Crippen molar-refractivity contribution in [2.75, 3.05) is 19.7 Å². The topological polar surface area (TPSA) is 114 Å². The number of amidine groups is 1. The van der Waals surface area contributed by atoms with Crippen molar-refractivity contribution in [3.63, 3.8) is 0 Å². The highest BCUT2D eigenvalue weighted by Gasteiger charge is 2.30. The largest absolute Gasteiger partial charge is 0.454 e. The Labute approximate surface area is 158 Å². The minimum Gasteiger partial charge on any atom is -0.454 e. The molecule has 0 unspecified atom stereocenters. The van der Waals surface area contributed by atoms with E-state index in [1.54, 1.807) is 18.2 Å². The van der Waals surface area contributed by atoms with E-state index in [0.717, 1.165) is 12.8 Å². The summed E-state index contributed by atoms with van der Waals surface area (Å²) in [5.74, 6) is -0.433. The number of rotatable bonds is 6. The van der Waals surface area contributed by atoms with E-state index in [1.807, 2.05) is 0 Å². The standard InChI is InChI=1S/C18H23N3O5S/c22-16(19-10-13-6-2-1-3-7-13)12-26-17(23)11-20-18-14-8-4-5-9-15(14)27(24,25)21-18/h4-5,8-9,13H,1-3,6-7,10-12H2,(H,19,22)(H,20,21). The molecule has 0 atom stereocenters. The fourth-order valence-electron chi connectivity index (χ4n) is 3.29. The van der Waals surface area contributed by atoms with Crippen LogP contribution in [0.1, 0.15) is 37.7 Å². The zero-order valence-electron chi connectivity index (χ0n) is 14.9. The summed E-state index contributed by atoms with van der Waals surface area (Å²) < 4.78 is 31.1. The van der Waals surface area contributed by atoms with Crippen LogP contribution in [0, 0.1) is 5.92 Å². The highest BCUT2D eigenvalue weighted by atomic mass is 32.2. The number of aliphatic imine (C=N–C) groups is 1. The van der Waals surface area contributed by atoms with E-state index in [1.165, 1.54) is 25.3 Å². The number of carbonyl (C=O) groups is 2. The van der Waals surface area contributed by atoms with Gasteiger partial charge in [-0.2, -0.15) is 0 Å². The molecule has 0 saturated heterocycles. The number of nitrogens with one attached hydrogen (secondary N) is 2. The van der Waals surface area contributed by atoms with Gasteiger partial charge in [0.25, 0.3) is 15.9 Å². The molecule has 0 radical (unpaired) electrons. The molecule has 3 rings (SSSR count). The van der Waals surface area contributed by atoms with Crippen LogP contribution in [0.2, 0.25) is 0 Å². The van der Waals surface area contributed by atoms with Crippen molar-refractivity contribution >= 4 is 27.7 Å². The smallest absolute Gasteiger partial charge is 0.328 e. The van der Waals surface area contributed by atoms with Crippen LogP contribution in [-0.2, 0) is 24.3 Å². The molecule has 2 N–H and O–H groups in total. The van der Waals surface area contributed by atoms with E-state index in [0.29, 0.717) is 18.0 Å². The average Bonchev–Trinajstić information content (AvgIpc) is 2.94. The van der Waals surface area contributed by atoms with Gasteiger partial charge in [-0.25, -0.2) is 8.42 Å². The molecular weight excluding hydrogens is 370 g/mol. The highest BCUT2D eigenvalue weighted by molar-refractivity contribution is 7.90. The predicted octanol–water partition coefficient (Wildman–Crippen LogP) is 0.965. The summed E-state index contributed by atoms with van der Waals surface area (Å²) in [7, 11) is -3.64. The molecule has 1 aliphatic heterocycles. The van der Waals surface area contributed by atoms with Gasteiger partial charge in [0, 0.05) is 12.1 Å². The van der Waals surface area contributed by atoms with Crippen LogP contribution >= 0.6 is 0 Å². The maximum Gasteiger partial charge on any atom is 0.328 e. The van der Waals surface area contributed by atoms with Gasteiger partial charge in [0.1, 0.15) is 12.4 Å². The summed E-state index contributed by atoms with van der Waals surface area (Å²) >= 11 is 0. The van der Waals surface area contributed by atoms with Crippen molar-refractivity contribution in [2.24, 2.45) is 10.9 Å². The molecule has 0 spiro atoms. The predicted molar refractivity (Wildman–Crippen MR) is 98.7 cm³/mol. The van der Waals surface area contributed by atoms with Crippen molar-refractivity contribution in [2.45, 2.75) is 37.0 Å². The highest BCUT2D eigenvalue weighted by Crippen LogP contribution is 2.23. The molecule has 0 bridgehead atoms. The SMILES string of the molecule is O=C(COC(=O)CN=C1NS(=O)(=O)c2ccccc21)NCC1CCCCC1. The van der Waals surface area contributed by atoms with Crippen molar-refractivity contribution in [3.05, 3.63) is 29.8 Å². The van der Waals surface area contributed by atoms with E-state index in [2.05, 4.69) is 15.0 Å². The maximum absolute atomic E-state index is 12.0. The van der Waals surface area contributed by atoms with Gasteiger partial charge in [-0.15, -0.1) is 0 Å². The zero-order chi connectivity index (χ0) is 19.3. The lowest BCUT2D eigenvalue weighted by atomic mass is 9.89. The van der Waals surface area contributed by atoms with Crippen LogP contribution in [0.3, 0.4) is 0 Å². The van der Waals surface area contributed by atoms with E-state index in [9.17, 15) is 18.0 Å². The Bertz CT molecular complexity index is 844. The van der Waals surface area contributed by atoms with Gasteiger partial charge in [-0.05, 0) is 30.9 Å². The van der Waals surface area contributed by atoms with Gasteiger partial charge in [0.05, 0.1) is 4.90 Å². The summed E-state index contributed by atoms with van der Waals surface area (Å²) in [5, 5.41) is 2.79. The summed E-state index contributed by atoms with van der Waals surface area (Å²) in [6.07, 6.45) is 5.89. The Balaban J connectivity index is 1.45. The Hall–Kier alpha value is -2.42. The molecule has 0 aromatic heterocycles. The molecule has 27 heavy (non-hydrogen) atoms. The lowest BCUT2D eigenvalue weighted by Gasteiger charge is -2.21. The number of hydrogen-bond acceptors (Lipinski definition) is 6. The van der Waals surface area contributed by atoms with Gasteiger partial charge < -0.3 is 10.1 Å². The van der Waals surface area contributed by atoms with Gasteiger partial charge >= 0.3 is 5.97 Å². The van der Waals surface area contributed by atoms with Gasteiger partial charge in [0.15, 0.2) is 6.61 Å². The van der Waals surface area contributed by atoms with Crippen LogP contribution in [0.5, 0.6) is 0 Å². The molecule has 1 heterocycles. The number of sulfonamides is 1. The van der Waals surface area contributed by atoms with Crippen molar-refractivity contribution in [1.82, 2.24) is 10.0 Å². The van der Waals surface area contributed by atoms with Crippen LogP contribution in [0.25, 0.3) is 0 Å². The number of carbonyl (C=O) groups excluding carboxylic acids is 2. The fourth-order valence-corrected chi connectivity index (χ4v) is 4.54. The monoisotopic (exact) mass is 393 g/mol. The third-order valence-corrected chi connectivity index (χ3v) is 6.10. The molecule has 1 amide bonds. The van der Waals surface area contributed by atoms with E-state index < -0.39 is 16.0 Å². The Morgan fingerprint density at radius 1 is 1.19 bits per heavy atom. The summed E-state index contributed by atoms with van der Waals surface area (Å²) in [4.78, 5) is 27.7. The maximum atomic E-state index is 12.0. The molecular formula is C18H23N3O5S. The first-order valence-corrected chi connectivity index (χ1v) is 10.5. The second kappa shape index (κ2) is 8.51. The van der Waals surface area contributed by atoms with Gasteiger partial charge in [-0.1, -0.05) is 31.4 Å². The molecule has 1 aromatic rings. The minimum absolute atomic E-state index is 0.101. The molecule has 1 saturated carbocycles. The first-order chi connectivity index (χ1) is 13.0. The number of fused-ring (bicyclic) bond motifs is 1. The number of amides is 1. The lowest BCUT2D eigenvalue weighted by Crippen LogP contribution is -2.34. The summed E-state index contributed by atoms with van der Waals surface area (Å²) in [6.45, 7) is -0.127. The van der Waals surface area contributed by atoms with Crippen LogP contribution in [0.15, 0.2) is 34.2 Å². The van der Waals surface area contributed by atoms with Crippen molar-refractivity contribution < 1.29 is 22.7 Å². The summed E-state index contributed by atoms with van der Waals surface area (Å²) in [5.41, 5.74) is 0.413. The molecule has 146 valence electrons. The fraction of sp³-hybridized carbons (Fsp3) is 0.500. The molecule has 1 aliphatic carbocycles. The average molecular weight is 393 g/mol. The van der Waals surface area contributed by atoms with Crippen molar-refractivity contribution in [1.29, 1.82) is 0 Å². The number of nitrogens with zero attached hydrogens (tertiary/aromatic N) is 1. The Morgan fingerprint density at radius 2 is 1.93 bits per heavy atom. The quantitative estimate of drug-likeness (QED) is 0.699. The van der Waals surface area contributed by atoms with Crippen molar-refractivity contribution in [3.8, 4) is 0 Å².